The van der Waals surface area contributed by atoms with Gasteiger partial charge in [0, 0.05) is 25.3 Å². The van der Waals surface area contributed by atoms with Crippen LogP contribution in [0.5, 0.6) is 0 Å². The number of ether oxygens (including phenoxy) is 1. The van der Waals surface area contributed by atoms with Crippen molar-refractivity contribution in [3.05, 3.63) is 23.9 Å². The third kappa shape index (κ3) is 3.19. The molecule has 6 rings (SSSR count). The summed E-state index contributed by atoms with van der Waals surface area (Å²) in [5, 5.41) is 22.2. The van der Waals surface area contributed by atoms with Crippen LogP contribution in [0.15, 0.2) is 18.3 Å². The number of nitrogens with zero attached hydrogens (tertiary/aromatic N) is 4. The lowest BCUT2D eigenvalue weighted by Gasteiger charge is -2.56. The van der Waals surface area contributed by atoms with Gasteiger partial charge in [0.05, 0.1) is 17.0 Å². The molecule has 0 aromatic carbocycles. The quantitative estimate of drug-likeness (QED) is 0.848. The Bertz CT molecular complexity index is 887. The molecule has 1 aliphatic heterocycles. The first kappa shape index (κ1) is 18.2. The van der Waals surface area contributed by atoms with Crippen LogP contribution in [-0.4, -0.2) is 41.2 Å². The van der Waals surface area contributed by atoms with Crippen molar-refractivity contribution in [2.75, 3.05) is 18.4 Å². The van der Waals surface area contributed by atoms with E-state index in [1.165, 1.54) is 0 Å². The molecule has 29 heavy (non-hydrogen) atoms. The van der Waals surface area contributed by atoms with E-state index in [2.05, 4.69) is 22.4 Å². The summed E-state index contributed by atoms with van der Waals surface area (Å²) in [5.74, 6) is 1.88. The maximum Gasteiger partial charge on any atom is 0.410 e. The Kier molecular flexibility index (Phi) is 4.35. The second-order valence-corrected chi connectivity index (χ2v) is 9.30. The molecule has 7 heteroatoms. The van der Waals surface area contributed by atoms with Gasteiger partial charge in [0.25, 0.3) is 0 Å². The van der Waals surface area contributed by atoms with Crippen molar-refractivity contribution in [1.82, 2.24) is 9.88 Å². The predicted octanol–water partition coefficient (Wildman–Crippen LogP) is 3.29. The molecule has 0 radical (unpaired) electrons. The van der Waals surface area contributed by atoms with Crippen LogP contribution in [0, 0.1) is 45.8 Å². The first-order valence-corrected chi connectivity index (χ1v) is 10.6. The summed E-state index contributed by atoms with van der Waals surface area (Å²) in [5.41, 5.74) is 0.344. The summed E-state index contributed by atoms with van der Waals surface area (Å²) in [6.07, 6.45) is 7.18. The number of pyridine rings is 1. The number of hydrogen-bond donors (Lipinski definition) is 1. The van der Waals surface area contributed by atoms with Gasteiger partial charge in [-0.05, 0) is 68.4 Å². The third-order valence-electron chi connectivity index (χ3n) is 7.38. The van der Waals surface area contributed by atoms with Crippen LogP contribution in [-0.2, 0) is 4.74 Å². The number of nitriles is 2. The normalized spacial score (nSPS) is 37.0. The molecule has 2 heterocycles. The molecule has 5 aliphatic rings. The predicted molar refractivity (Wildman–Crippen MR) is 104 cm³/mol. The maximum atomic E-state index is 12.9. The highest BCUT2D eigenvalue weighted by Gasteiger charge is 2.57. The van der Waals surface area contributed by atoms with Crippen molar-refractivity contribution >= 4 is 11.9 Å². The van der Waals surface area contributed by atoms with Gasteiger partial charge in [0.15, 0.2) is 0 Å². The van der Waals surface area contributed by atoms with Gasteiger partial charge in [-0.2, -0.15) is 10.5 Å². The van der Waals surface area contributed by atoms with Crippen molar-refractivity contribution < 1.29 is 9.53 Å². The van der Waals surface area contributed by atoms with Gasteiger partial charge in [-0.15, -0.1) is 0 Å². The average Bonchev–Trinajstić information content (AvgIpc) is 3.19. The zero-order chi connectivity index (χ0) is 20.0. The lowest BCUT2D eigenvalue weighted by atomic mass is 9.49. The molecule has 4 bridgehead atoms. The van der Waals surface area contributed by atoms with Gasteiger partial charge in [0.2, 0.25) is 0 Å². The molecule has 0 spiro atoms. The number of carbonyl (C=O) groups is 1. The Morgan fingerprint density at radius 3 is 2.79 bits per heavy atom. The van der Waals surface area contributed by atoms with E-state index in [0.29, 0.717) is 42.2 Å². The molecule has 1 N–H and O–H groups in total. The molecule has 4 aliphatic carbocycles. The van der Waals surface area contributed by atoms with E-state index in [-0.39, 0.29) is 23.7 Å². The van der Waals surface area contributed by atoms with Crippen LogP contribution in [0.3, 0.4) is 0 Å². The Balaban J connectivity index is 1.20. The van der Waals surface area contributed by atoms with Gasteiger partial charge >= 0.3 is 6.09 Å². The minimum atomic E-state index is -0.237. The smallest absolute Gasteiger partial charge is 0.410 e. The third-order valence-corrected chi connectivity index (χ3v) is 7.38. The minimum absolute atomic E-state index is 0.0338. The monoisotopic (exact) mass is 391 g/mol. The number of rotatable bonds is 3. The molecule has 6 atom stereocenters. The number of amides is 1. The topological polar surface area (TPSA) is 102 Å². The van der Waals surface area contributed by atoms with Gasteiger partial charge < -0.3 is 15.0 Å². The number of hydrogen-bond acceptors (Lipinski definition) is 6. The molecule has 1 saturated heterocycles. The number of carbonyl (C=O) groups excluding carboxylic acids is 1. The molecule has 150 valence electrons. The van der Waals surface area contributed by atoms with E-state index in [1.807, 2.05) is 0 Å². The molecular weight excluding hydrogens is 366 g/mol. The fourth-order valence-electron chi connectivity index (χ4n) is 6.35. The fraction of sp³-hybridized carbons (Fsp3) is 0.636. The van der Waals surface area contributed by atoms with Crippen LogP contribution in [0.4, 0.5) is 10.6 Å². The van der Waals surface area contributed by atoms with Gasteiger partial charge in [0.1, 0.15) is 18.0 Å². The molecule has 7 nitrogen and oxygen atoms in total. The summed E-state index contributed by atoms with van der Waals surface area (Å²) >= 11 is 0. The highest BCUT2D eigenvalue weighted by Crippen LogP contribution is 2.60. The second-order valence-electron chi connectivity index (χ2n) is 9.30. The summed E-state index contributed by atoms with van der Waals surface area (Å²) < 4.78 is 6.03. The van der Waals surface area contributed by atoms with Gasteiger partial charge in [-0.25, -0.2) is 9.78 Å². The van der Waals surface area contributed by atoms with Crippen molar-refractivity contribution in [2.24, 2.45) is 23.2 Å². The van der Waals surface area contributed by atoms with Crippen LogP contribution in [0.2, 0.25) is 0 Å². The Morgan fingerprint density at radius 1 is 1.28 bits per heavy atom. The van der Waals surface area contributed by atoms with E-state index in [0.717, 1.165) is 38.5 Å². The molecular formula is C22H25N5O2. The average molecular weight is 391 g/mol. The SMILES string of the molecule is N#Cc1cccnc1NC1CCN(C(=O)OC2C3CC4C[C@@H]2CC(C#N)(C4)C3)C1. The molecule has 5 fully saturated rings. The number of aromatic nitrogens is 1. The van der Waals surface area contributed by atoms with Gasteiger partial charge in [-0.1, -0.05) is 0 Å². The zero-order valence-electron chi connectivity index (χ0n) is 16.4. The minimum Gasteiger partial charge on any atom is -0.446 e. The van der Waals surface area contributed by atoms with Crippen LogP contribution in [0.1, 0.15) is 44.1 Å². The summed E-state index contributed by atoms with van der Waals surface area (Å²) in [7, 11) is 0. The van der Waals surface area contributed by atoms with E-state index >= 15 is 0 Å². The number of anilines is 1. The van der Waals surface area contributed by atoms with Crippen molar-refractivity contribution in [3.63, 3.8) is 0 Å². The number of likely N-dealkylation sites (tertiary alicyclic amines) is 1. The number of nitrogens with one attached hydrogen (secondary N) is 1. The molecule has 5 unspecified atom stereocenters. The van der Waals surface area contributed by atoms with E-state index < -0.39 is 0 Å². The fourth-order valence-corrected chi connectivity index (χ4v) is 6.35. The summed E-state index contributed by atoms with van der Waals surface area (Å²) in [4.78, 5) is 18.9. The Hall–Kier alpha value is -2.80. The Labute approximate surface area is 170 Å². The van der Waals surface area contributed by atoms with Crippen LogP contribution in [0.25, 0.3) is 0 Å². The summed E-state index contributed by atoms with van der Waals surface area (Å²) in [6, 6.07) is 8.26. The van der Waals surface area contributed by atoms with E-state index in [9.17, 15) is 15.3 Å². The van der Waals surface area contributed by atoms with Gasteiger partial charge in [-0.3, -0.25) is 0 Å². The lowest BCUT2D eigenvalue weighted by molar-refractivity contribution is -0.121. The lowest BCUT2D eigenvalue weighted by Crippen LogP contribution is -2.55. The molecule has 1 aromatic rings. The summed E-state index contributed by atoms with van der Waals surface area (Å²) in [6.45, 7) is 1.19. The van der Waals surface area contributed by atoms with Crippen LogP contribution < -0.4 is 5.32 Å². The first-order valence-electron chi connectivity index (χ1n) is 10.6. The molecule has 1 aromatic heterocycles. The highest BCUT2D eigenvalue weighted by atomic mass is 16.6. The standard InChI is InChI=1S/C22H25N5O2/c23-11-15-2-1-4-25-20(15)26-18-3-5-27(12-18)21(28)29-19-16-6-14-7-17(19)10-22(8-14,9-16)13-24/h1-2,4,14,16-19H,3,5-10,12H2,(H,25,26)/t14?,16-,17?,18?,19?,22?/m1/s1. The largest absolute Gasteiger partial charge is 0.446 e. The van der Waals surface area contributed by atoms with E-state index in [1.54, 1.807) is 23.2 Å². The zero-order valence-corrected chi connectivity index (χ0v) is 16.4. The maximum absolute atomic E-state index is 12.9. The van der Waals surface area contributed by atoms with Crippen LogP contribution >= 0.6 is 0 Å². The second kappa shape index (κ2) is 6.91. The van der Waals surface area contributed by atoms with Crippen molar-refractivity contribution in [1.29, 1.82) is 10.5 Å². The van der Waals surface area contributed by atoms with E-state index in [4.69, 9.17) is 4.74 Å². The highest BCUT2D eigenvalue weighted by molar-refractivity contribution is 5.68. The molecule has 1 amide bonds. The first-order chi connectivity index (χ1) is 14.1. The molecule has 4 saturated carbocycles. The van der Waals surface area contributed by atoms with Crippen molar-refractivity contribution in [3.8, 4) is 12.1 Å². The van der Waals surface area contributed by atoms with Crippen molar-refractivity contribution in [2.45, 2.75) is 50.7 Å². The Morgan fingerprint density at radius 2 is 2.07 bits per heavy atom.